The molecule has 0 amide bonds. The molecule has 4 nitrogen and oxygen atoms in total. The van der Waals surface area contributed by atoms with E-state index in [9.17, 15) is 9.90 Å². The highest BCUT2D eigenvalue weighted by Gasteiger charge is 2.39. The van der Waals surface area contributed by atoms with Crippen LogP contribution in [-0.2, 0) is 4.79 Å². The summed E-state index contributed by atoms with van der Waals surface area (Å²) in [6.07, 6.45) is 3.42. The van der Waals surface area contributed by atoms with E-state index in [1.54, 1.807) is 12.4 Å². The van der Waals surface area contributed by atoms with Gasteiger partial charge < -0.3 is 5.11 Å². The molecule has 1 fully saturated rings. The SMILES string of the molecule is O=C1SC[C@@H](c2cc(-c3ccccn3)c(O)s2)[C@H]1c1ccccn1. The lowest BCUT2D eigenvalue weighted by Crippen LogP contribution is -2.12. The molecule has 0 unspecified atom stereocenters. The van der Waals surface area contributed by atoms with Gasteiger partial charge in [0, 0.05) is 28.9 Å². The van der Waals surface area contributed by atoms with Gasteiger partial charge in [-0.3, -0.25) is 14.8 Å². The standard InChI is InChI=1S/C18H14N2O2S2/c21-17-11(13-5-1-3-7-19-13)9-15(24-17)12-10-23-18(22)16(12)14-6-2-4-8-20-14/h1-9,12,16,21H,10H2/t12-,16-/m0/s1. The topological polar surface area (TPSA) is 63.1 Å². The Morgan fingerprint density at radius 1 is 1.08 bits per heavy atom. The van der Waals surface area contributed by atoms with Crippen LogP contribution in [0, 0.1) is 0 Å². The van der Waals surface area contributed by atoms with Crippen LogP contribution in [0.3, 0.4) is 0 Å². The number of rotatable bonds is 3. The Kier molecular flexibility index (Phi) is 4.08. The zero-order valence-electron chi connectivity index (χ0n) is 12.6. The number of nitrogens with zero attached hydrogens (tertiary/aromatic N) is 2. The fourth-order valence-electron chi connectivity index (χ4n) is 2.94. The molecule has 3 aromatic heterocycles. The van der Waals surface area contributed by atoms with Crippen LogP contribution in [0.5, 0.6) is 5.06 Å². The van der Waals surface area contributed by atoms with E-state index < -0.39 is 0 Å². The van der Waals surface area contributed by atoms with Crippen molar-refractivity contribution >= 4 is 28.2 Å². The lowest BCUT2D eigenvalue weighted by molar-refractivity contribution is -0.112. The van der Waals surface area contributed by atoms with Crippen molar-refractivity contribution in [3.8, 4) is 16.3 Å². The summed E-state index contributed by atoms with van der Waals surface area (Å²) in [6.45, 7) is 0. The maximum atomic E-state index is 12.4. The zero-order valence-corrected chi connectivity index (χ0v) is 14.3. The number of pyridine rings is 2. The summed E-state index contributed by atoms with van der Waals surface area (Å²) < 4.78 is 0. The van der Waals surface area contributed by atoms with Gasteiger partial charge >= 0.3 is 0 Å². The third-order valence-corrected chi connectivity index (χ3v) is 6.24. The van der Waals surface area contributed by atoms with Crippen molar-refractivity contribution in [3.63, 3.8) is 0 Å². The summed E-state index contributed by atoms with van der Waals surface area (Å²) in [7, 11) is 0. The molecule has 1 aliphatic heterocycles. The van der Waals surface area contributed by atoms with E-state index in [0.717, 1.165) is 21.8 Å². The molecule has 1 aliphatic rings. The summed E-state index contributed by atoms with van der Waals surface area (Å²) >= 11 is 2.67. The fraction of sp³-hybridized carbons (Fsp3) is 0.167. The second kappa shape index (κ2) is 6.37. The molecule has 24 heavy (non-hydrogen) atoms. The van der Waals surface area contributed by atoms with Crippen LogP contribution in [0.1, 0.15) is 22.4 Å². The van der Waals surface area contributed by atoms with Gasteiger partial charge in [-0.25, -0.2) is 0 Å². The van der Waals surface area contributed by atoms with Crippen molar-refractivity contribution in [1.29, 1.82) is 0 Å². The Bertz CT molecular complexity index is 865. The summed E-state index contributed by atoms with van der Waals surface area (Å²) in [6, 6.07) is 13.2. The third-order valence-electron chi connectivity index (χ3n) is 4.11. The Labute approximate surface area is 147 Å². The quantitative estimate of drug-likeness (QED) is 0.769. The van der Waals surface area contributed by atoms with E-state index in [2.05, 4.69) is 9.97 Å². The molecule has 2 atom stereocenters. The second-order valence-corrected chi connectivity index (χ2v) is 7.64. The van der Waals surface area contributed by atoms with Gasteiger partial charge in [-0.2, -0.15) is 0 Å². The van der Waals surface area contributed by atoms with Crippen molar-refractivity contribution in [2.24, 2.45) is 0 Å². The van der Waals surface area contributed by atoms with Crippen molar-refractivity contribution in [3.05, 3.63) is 65.4 Å². The lowest BCUT2D eigenvalue weighted by atomic mass is 9.90. The first kappa shape index (κ1) is 15.4. The molecule has 0 saturated carbocycles. The summed E-state index contributed by atoms with van der Waals surface area (Å²) in [4.78, 5) is 22.0. The Morgan fingerprint density at radius 2 is 1.88 bits per heavy atom. The van der Waals surface area contributed by atoms with E-state index in [-0.39, 0.29) is 22.0 Å². The smallest absolute Gasteiger partial charge is 0.198 e. The van der Waals surface area contributed by atoms with Crippen molar-refractivity contribution < 1.29 is 9.90 Å². The summed E-state index contributed by atoms with van der Waals surface area (Å²) in [5.41, 5.74) is 2.26. The lowest BCUT2D eigenvalue weighted by Gasteiger charge is -2.15. The predicted octanol–water partition coefficient (Wildman–Crippen LogP) is 4.05. The predicted molar refractivity (Wildman–Crippen MR) is 96.4 cm³/mol. The second-order valence-electron chi connectivity index (χ2n) is 5.55. The number of aromatic nitrogens is 2. The summed E-state index contributed by atoms with van der Waals surface area (Å²) in [5, 5.41) is 10.7. The number of aromatic hydroxyl groups is 1. The van der Waals surface area contributed by atoms with E-state index in [4.69, 9.17) is 0 Å². The van der Waals surface area contributed by atoms with Gasteiger partial charge in [0.2, 0.25) is 0 Å². The molecule has 4 rings (SSSR count). The van der Waals surface area contributed by atoms with Gasteiger partial charge in [-0.05, 0) is 30.3 Å². The van der Waals surface area contributed by atoms with E-state index in [1.165, 1.54) is 23.1 Å². The molecular weight excluding hydrogens is 340 g/mol. The van der Waals surface area contributed by atoms with E-state index in [0.29, 0.717) is 5.75 Å². The normalized spacial score (nSPS) is 20.4. The van der Waals surface area contributed by atoms with Gasteiger partial charge in [0.05, 0.1) is 22.9 Å². The highest BCUT2D eigenvalue weighted by Crippen LogP contribution is 2.49. The average molecular weight is 354 g/mol. The van der Waals surface area contributed by atoms with E-state index in [1.807, 2.05) is 42.5 Å². The van der Waals surface area contributed by atoms with Crippen LogP contribution in [0.15, 0.2) is 54.9 Å². The first-order valence-corrected chi connectivity index (χ1v) is 9.36. The summed E-state index contributed by atoms with van der Waals surface area (Å²) in [5.74, 6) is 0.485. The number of hydrogen-bond acceptors (Lipinski definition) is 6. The molecule has 1 saturated heterocycles. The number of thioether (sulfide) groups is 1. The molecule has 0 spiro atoms. The van der Waals surface area contributed by atoms with Gasteiger partial charge in [0.15, 0.2) is 10.2 Å². The molecule has 0 aromatic carbocycles. The van der Waals surface area contributed by atoms with Crippen LogP contribution >= 0.6 is 23.1 Å². The van der Waals surface area contributed by atoms with Gasteiger partial charge in [0.25, 0.3) is 0 Å². The van der Waals surface area contributed by atoms with Crippen LogP contribution in [0.2, 0.25) is 0 Å². The number of carbonyl (C=O) groups excluding carboxylic acids is 1. The Hall–Kier alpha value is -2.18. The highest BCUT2D eigenvalue weighted by atomic mass is 32.2. The maximum absolute atomic E-state index is 12.4. The van der Waals surface area contributed by atoms with Crippen molar-refractivity contribution in [1.82, 2.24) is 9.97 Å². The molecule has 3 aromatic rings. The molecule has 0 bridgehead atoms. The van der Waals surface area contributed by atoms with Gasteiger partial charge in [0.1, 0.15) is 0 Å². The Balaban J connectivity index is 1.72. The van der Waals surface area contributed by atoms with Crippen LogP contribution < -0.4 is 0 Å². The molecular formula is C18H14N2O2S2. The maximum Gasteiger partial charge on any atom is 0.198 e. The molecule has 0 radical (unpaired) electrons. The van der Waals surface area contributed by atoms with Crippen LogP contribution in [0.4, 0.5) is 0 Å². The highest BCUT2D eigenvalue weighted by molar-refractivity contribution is 8.14. The molecule has 4 heterocycles. The Morgan fingerprint density at radius 3 is 2.58 bits per heavy atom. The third kappa shape index (κ3) is 2.72. The minimum Gasteiger partial charge on any atom is -0.499 e. The molecule has 120 valence electrons. The van der Waals surface area contributed by atoms with Crippen molar-refractivity contribution in [2.75, 3.05) is 5.75 Å². The number of carbonyl (C=O) groups is 1. The largest absolute Gasteiger partial charge is 0.499 e. The van der Waals surface area contributed by atoms with Gasteiger partial charge in [-0.15, -0.1) is 11.3 Å². The average Bonchev–Trinajstić information content (AvgIpc) is 3.19. The van der Waals surface area contributed by atoms with E-state index >= 15 is 0 Å². The monoisotopic (exact) mass is 354 g/mol. The fourth-order valence-corrected chi connectivity index (χ4v) is 5.27. The van der Waals surface area contributed by atoms with Gasteiger partial charge in [-0.1, -0.05) is 23.9 Å². The molecule has 0 aliphatic carbocycles. The minimum atomic E-state index is -0.258. The first-order valence-electron chi connectivity index (χ1n) is 7.55. The zero-order chi connectivity index (χ0) is 16.5. The van der Waals surface area contributed by atoms with Crippen LogP contribution in [0.25, 0.3) is 11.3 Å². The number of thiophene rings is 1. The minimum absolute atomic E-state index is 0.0331. The molecule has 6 heteroatoms. The number of hydrogen-bond donors (Lipinski definition) is 1. The van der Waals surface area contributed by atoms with Crippen molar-refractivity contribution in [2.45, 2.75) is 11.8 Å². The molecule has 1 N–H and O–H groups in total. The van der Waals surface area contributed by atoms with Crippen LogP contribution in [-0.4, -0.2) is 25.9 Å². The first-order chi connectivity index (χ1) is 11.7.